The Morgan fingerprint density at radius 3 is 2.65 bits per heavy atom. The number of aryl methyl sites for hydroxylation is 2. The molecule has 0 radical (unpaired) electrons. The molecule has 1 heterocycles. The Balaban J connectivity index is 2.73. The lowest BCUT2D eigenvalue weighted by molar-refractivity contribution is 0.790. The molecular weight excluding hydrogens is 348 g/mol. The van der Waals surface area contributed by atoms with Crippen molar-refractivity contribution in [2.45, 2.75) is 13.8 Å². The van der Waals surface area contributed by atoms with Gasteiger partial charge in [-0.25, -0.2) is 0 Å². The van der Waals surface area contributed by atoms with E-state index in [9.17, 15) is 4.79 Å². The maximum absolute atomic E-state index is 12.1. The highest BCUT2D eigenvalue weighted by molar-refractivity contribution is 9.13. The number of halogens is 2. The molecule has 2 rings (SSSR count). The fraction of sp³-hybridized carbons (Fsp3) is 0.167. The monoisotopic (exact) mass is 356 g/mol. The first kappa shape index (κ1) is 12.5. The van der Waals surface area contributed by atoms with Crippen molar-refractivity contribution in [1.82, 2.24) is 9.78 Å². The van der Waals surface area contributed by atoms with Crippen LogP contribution in [-0.2, 0) is 0 Å². The molecule has 0 aliphatic rings. The van der Waals surface area contributed by atoms with Crippen molar-refractivity contribution >= 4 is 31.9 Å². The molecule has 0 fully saturated rings. The largest absolute Gasteiger partial charge is 0.286 e. The van der Waals surface area contributed by atoms with Crippen molar-refractivity contribution in [3.63, 3.8) is 0 Å². The summed E-state index contributed by atoms with van der Waals surface area (Å²) in [6.07, 6.45) is 1.60. The van der Waals surface area contributed by atoms with Gasteiger partial charge < -0.3 is 0 Å². The zero-order valence-corrected chi connectivity index (χ0v) is 12.5. The highest BCUT2D eigenvalue weighted by atomic mass is 79.9. The summed E-state index contributed by atoms with van der Waals surface area (Å²) in [6, 6.07) is 5.94. The first-order valence-electron chi connectivity index (χ1n) is 5.01. The van der Waals surface area contributed by atoms with Gasteiger partial charge in [-0.15, -0.1) is 0 Å². The van der Waals surface area contributed by atoms with Gasteiger partial charge in [0.05, 0.1) is 16.4 Å². The van der Waals surface area contributed by atoms with E-state index in [-0.39, 0.29) is 5.56 Å². The lowest BCUT2D eigenvalue weighted by Gasteiger charge is -2.09. The van der Waals surface area contributed by atoms with E-state index >= 15 is 0 Å². The Morgan fingerprint density at radius 2 is 1.94 bits per heavy atom. The van der Waals surface area contributed by atoms with Crippen LogP contribution in [0, 0.1) is 13.8 Å². The minimum absolute atomic E-state index is 0.173. The Bertz CT molecular complexity index is 635. The summed E-state index contributed by atoms with van der Waals surface area (Å²) >= 11 is 6.51. The van der Waals surface area contributed by atoms with Gasteiger partial charge in [0, 0.05) is 0 Å². The molecular formula is C12H10Br2N2O. The fourth-order valence-electron chi connectivity index (χ4n) is 1.53. The first-order valence-corrected chi connectivity index (χ1v) is 6.60. The van der Waals surface area contributed by atoms with Crippen molar-refractivity contribution in [1.29, 1.82) is 0 Å². The molecule has 0 saturated heterocycles. The van der Waals surface area contributed by atoms with Crippen LogP contribution in [0.25, 0.3) is 5.69 Å². The lowest BCUT2D eigenvalue weighted by Crippen LogP contribution is -2.22. The third-order valence-corrected chi connectivity index (χ3v) is 4.37. The molecule has 0 aliphatic heterocycles. The highest BCUT2D eigenvalue weighted by Crippen LogP contribution is 2.19. The van der Waals surface area contributed by atoms with E-state index in [1.807, 2.05) is 32.0 Å². The molecule has 0 bridgehead atoms. The zero-order chi connectivity index (χ0) is 12.6. The molecule has 88 valence electrons. The standard InChI is InChI=1S/C12H10Br2N2O/c1-7-3-4-8(2)10(5-7)16-12(17)11(14)9(13)6-15-16/h3-6H,1-2H3. The zero-order valence-electron chi connectivity index (χ0n) is 9.37. The molecule has 0 amide bonds. The summed E-state index contributed by atoms with van der Waals surface area (Å²) < 4.78 is 2.54. The molecule has 0 aliphatic carbocycles. The third-order valence-electron chi connectivity index (χ3n) is 2.47. The van der Waals surface area contributed by atoms with Crippen molar-refractivity contribution in [3.05, 3.63) is 54.8 Å². The van der Waals surface area contributed by atoms with Crippen LogP contribution < -0.4 is 5.56 Å². The van der Waals surface area contributed by atoms with E-state index < -0.39 is 0 Å². The number of hydrogen-bond donors (Lipinski definition) is 0. The molecule has 1 aromatic heterocycles. The molecule has 1 aromatic carbocycles. The van der Waals surface area contributed by atoms with E-state index in [4.69, 9.17) is 0 Å². The average Bonchev–Trinajstić information content (AvgIpc) is 2.30. The minimum Gasteiger partial charge on any atom is -0.266 e. The molecule has 3 nitrogen and oxygen atoms in total. The number of nitrogens with zero attached hydrogens (tertiary/aromatic N) is 2. The maximum Gasteiger partial charge on any atom is 0.286 e. The van der Waals surface area contributed by atoms with Crippen molar-refractivity contribution in [2.75, 3.05) is 0 Å². The summed E-state index contributed by atoms with van der Waals surface area (Å²) in [5, 5.41) is 4.14. The Morgan fingerprint density at radius 1 is 1.24 bits per heavy atom. The minimum atomic E-state index is -0.173. The van der Waals surface area contributed by atoms with Gasteiger partial charge in [-0.2, -0.15) is 9.78 Å². The van der Waals surface area contributed by atoms with Gasteiger partial charge in [0.1, 0.15) is 4.47 Å². The lowest BCUT2D eigenvalue weighted by atomic mass is 10.1. The predicted molar refractivity (Wildman–Crippen MR) is 74.7 cm³/mol. The summed E-state index contributed by atoms with van der Waals surface area (Å²) in [4.78, 5) is 12.1. The number of benzene rings is 1. The molecule has 2 aromatic rings. The topological polar surface area (TPSA) is 34.9 Å². The van der Waals surface area contributed by atoms with Gasteiger partial charge in [-0.05, 0) is 62.9 Å². The average molecular weight is 358 g/mol. The Kier molecular flexibility index (Phi) is 3.49. The van der Waals surface area contributed by atoms with Gasteiger partial charge >= 0.3 is 0 Å². The molecule has 17 heavy (non-hydrogen) atoms. The van der Waals surface area contributed by atoms with Gasteiger partial charge in [-0.1, -0.05) is 12.1 Å². The van der Waals surface area contributed by atoms with Crippen LogP contribution in [0.15, 0.2) is 38.1 Å². The number of rotatable bonds is 1. The van der Waals surface area contributed by atoms with Crippen molar-refractivity contribution in [2.24, 2.45) is 0 Å². The van der Waals surface area contributed by atoms with Gasteiger partial charge in [0.2, 0.25) is 0 Å². The van der Waals surface area contributed by atoms with E-state index in [0.717, 1.165) is 16.8 Å². The second kappa shape index (κ2) is 4.74. The van der Waals surface area contributed by atoms with Gasteiger partial charge in [0.15, 0.2) is 0 Å². The summed E-state index contributed by atoms with van der Waals surface area (Å²) in [5.74, 6) is 0. The second-order valence-electron chi connectivity index (χ2n) is 3.81. The van der Waals surface area contributed by atoms with Crippen LogP contribution in [0.4, 0.5) is 0 Å². The molecule has 5 heteroatoms. The molecule has 0 N–H and O–H groups in total. The van der Waals surface area contributed by atoms with Crippen LogP contribution in [0.2, 0.25) is 0 Å². The third kappa shape index (κ3) is 2.35. The Hall–Kier alpha value is -0.940. The number of hydrogen-bond acceptors (Lipinski definition) is 2. The van der Waals surface area contributed by atoms with Crippen molar-refractivity contribution in [3.8, 4) is 5.69 Å². The van der Waals surface area contributed by atoms with E-state index in [0.29, 0.717) is 8.95 Å². The van der Waals surface area contributed by atoms with Crippen LogP contribution in [-0.4, -0.2) is 9.78 Å². The van der Waals surface area contributed by atoms with Crippen LogP contribution in [0.3, 0.4) is 0 Å². The van der Waals surface area contributed by atoms with Crippen LogP contribution >= 0.6 is 31.9 Å². The van der Waals surface area contributed by atoms with Gasteiger partial charge in [0.25, 0.3) is 5.56 Å². The van der Waals surface area contributed by atoms with Crippen molar-refractivity contribution < 1.29 is 0 Å². The van der Waals surface area contributed by atoms with Crippen LogP contribution in [0.5, 0.6) is 0 Å². The number of aromatic nitrogens is 2. The van der Waals surface area contributed by atoms with Crippen LogP contribution in [0.1, 0.15) is 11.1 Å². The predicted octanol–water partition coefficient (Wildman–Crippen LogP) is 3.37. The smallest absolute Gasteiger partial charge is 0.266 e. The summed E-state index contributed by atoms with van der Waals surface area (Å²) in [5.41, 5.74) is 2.74. The maximum atomic E-state index is 12.1. The Labute approximate surface area is 116 Å². The normalized spacial score (nSPS) is 10.6. The van der Waals surface area contributed by atoms with E-state index in [1.165, 1.54) is 4.68 Å². The molecule has 0 unspecified atom stereocenters. The summed E-state index contributed by atoms with van der Waals surface area (Å²) in [6.45, 7) is 3.95. The fourth-order valence-corrected chi connectivity index (χ4v) is 2.06. The molecule has 0 saturated carbocycles. The highest BCUT2D eigenvalue weighted by Gasteiger charge is 2.10. The SMILES string of the molecule is Cc1ccc(C)c(-n2ncc(Br)c(Br)c2=O)c1. The quantitative estimate of drug-likeness (QED) is 0.784. The van der Waals surface area contributed by atoms with E-state index in [1.54, 1.807) is 6.20 Å². The van der Waals surface area contributed by atoms with Gasteiger partial charge in [-0.3, -0.25) is 4.79 Å². The molecule has 0 spiro atoms. The summed E-state index contributed by atoms with van der Waals surface area (Å²) in [7, 11) is 0. The second-order valence-corrected chi connectivity index (χ2v) is 5.46. The van der Waals surface area contributed by atoms with E-state index in [2.05, 4.69) is 37.0 Å². The molecule has 0 atom stereocenters. The first-order chi connectivity index (χ1) is 8.00.